The van der Waals surface area contributed by atoms with Crippen molar-refractivity contribution in [3.8, 4) is 23.0 Å². The van der Waals surface area contributed by atoms with E-state index in [1.807, 2.05) is 39.0 Å². The molecule has 138 valence electrons. The second-order valence-corrected chi connectivity index (χ2v) is 5.84. The van der Waals surface area contributed by atoms with E-state index in [9.17, 15) is 4.79 Å². The molecule has 0 bridgehead atoms. The van der Waals surface area contributed by atoms with Gasteiger partial charge in [-0.15, -0.1) is 0 Å². The van der Waals surface area contributed by atoms with Crippen molar-refractivity contribution in [2.75, 3.05) is 20.0 Å². The first kappa shape index (κ1) is 17.9. The molecular weight excluding hydrogens is 334 g/mol. The van der Waals surface area contributed by atoms with Crippen molar-refractivity contribution in [1.29, 1.82) is 0 Å². The Balaban J connectivity index is 1.73. The molecular formula is C20H23NO5. The lowest BCUT2D eigenvalue weighted by atomic mass is 10.1. The minimum atomic E-state index is -0.192. The Labute approximate surface area is 153 Å². The summed E-state index contributed by atoms with van der Waals surface area (Å²) in [5.41, 5.74) is 1.46. The zero-order valence-electron chi connectivity index (χ0n) is 15.2. The average molecular weight is 357 g/mol. The molecule has 2 aromatic carbocycles. The third kappa shape index (κ3) is 3.85. The summed E-state index contributed by atoms with van der Waals surface area (Å²) in [6.45, 7) is 7.07. The maximum atomic E-state index is 12.5. The molecule has 0 aromatic heterocycles. The highest BCUT2D eigenvalue weighted by atomic mass is 16.7. The Hall–Kier alpha value is -2.89. The quantitative estimate of drug-likeness (QED) is 0.818. The second-order valence-electron chi connectivity index (χ2n) is 5.84. The fourth-order valence-electron chi connectivity index (χ4n) is 2.74. The van der Waals surface area contributed by atoms with E-state index in [1.165, 1.54) is 0 Å². The lowest BCUT2D eigenvalue weighted by Gasteiger charge is -2.17. The van der Waals surface area contributed by atoms with Gasteiger partial charge in [-0.05, 0) is 56.7 Å². The lowest BCUT2D eigenvalue weighted by Crippen LogP contribution is -2.26. The number of carbonyl (C=O) groups is 1. The number of hydrogen-bond acceptors (Lipinski definition) is 5. The van der Waals surface area contributed by atoms with Crippen LogP contribution < -0.4 is 24.3 Å². The Kier molecular flexibility index (Phi) is 5.51. The van der Waals surface area contributed by atoms with Crippen LogP contribution in [0.2, 0.25) is 0 Å². The molecule has 0 aliphatic carbocycles. The SMILES string of the molecule is CCOc1ccc([C@@H](C)NC(=O)c2ccc3c(c2)OCO3)cc1OCC. The largest absolute Gasteiger partial charge is 0.490 e. The third-order valence-electron chi connectivity index (χ3n) is 4.05. The van der Waals surface area contributed by atoms with E-state index in [0.717, 1.165) is 5.56 Å². The summed E-state index contributed by atoms with van der Waals surface area (Å²) in [6, 6.07) is 10.7. The maximum Gasteiger partial charge on any atom is 0.251 e. The number of hydrogen-bond donors (Lipinski definition) is 1. The van der Waals surface area contributed by atoms with Gasteiger partial charge in [0.15, 0.2) is 23.0 Å². The average Bonchev–Trinajstić information content (AvgIpc) is 3.11. The van der Waals surface area contributed by atoms with Gasteiger partial charge in [-0.1, -0.05) is 6.07 Å². The number of rotatable bonds is 7. The molecule has 1 aliphatic rings. The molecule has 1 aliphatic heterocycles. The first-order valence-electron chi connectivity index (χ1n) is 8.72. The van der Waals surface area contributed by atoms with Crippen LogP contribution in [0, 0.1) is 0 Å². The van der Waals surface area contributed by atoms with Gasteiger partial charge in [0.05, 0.1) is 19.3 Å². The molecule has 6 nitrogen and oxygen atoms in total. The van der Waals surface area contributed by atoms with Crippen LogP contribution in [0.4, 0.5) is 0 Å². The highest BCUT2D eigenvalue weighted by Gasteiger charge is 2.18. The van der Waals surface area contributed by atoms with E-state index in [-0.39, 0.29) is 18.7 Å². The van der Waals surface area contributed by atoms with Crippen LogP contribution in [0.3, 0.4) is 0 Å². The second kappa shape index (κ2) is 7.99. The Morgan fingerprint density at radius 2 is 1.77 bits per heavy atom. The number of ether oxygens (including phenoxy) is 4. The number of fused-ring (bicyclic) bond motifs is 1. The van der Waals surface area contributed by atoms with Crippen LogP contribution >= 0.6 is 0 Å². The topological polar surface area (TPSA) is 66.0 Å². The first-order chi connectivity index (χ1) is 12.6. The molecule has 1 N–H and O–H groups in total. The normalized spacial score (nSPS) is 13.2. The Morgan fingerprint density at radius 1 is 1.04 bits per heavy atom. The fraction of sp³-hybridized carbons (Fsp3) is 0.350. The van der Waals surface area contributed by atoms with Crippen molar-refractivity contribution >= 4 is 5.91 Å². The summed E-state index contributed by atoms with van der Waals surface area (Å²) in [6.07, 6.45) is 0. The van der Waals surface area contributed by atoms with Gasteiger partial charge in [-0.3, -0.25) is 4.79 Å². The summed E-state index contributed by atoms with van der Waals surface area (Å²) in [4.78, 5) is 12.5. The van der Waals surface area contributed by atoms with Crippen LogP contribution in [0.1, 0.15) is 42.7 Å². The Morgan fingerprint density at radius 3 is 2.54 bits per heavy atom. The van der Waals surface area contributed by atoms with Gasteiger partial charge < -0.3 is 24.3 Å². The number of nitrogens with one attached hydrogen (secondary N) is 1. The molecule has 0 spiro atoms. The summed E-state index contributed by atoms with van der Waals surface area (Å²) in [5, 5.41) is 2.99. The molecule has 1 amide bonds. The van der Waals surface area contributed by atoms with E-state index in [1.54, 1.807) is 18.2 Å². The van der Waals surface area contributed by atoms with Gasteiger partial charge >= 0.3 is 0 Å². The van der Waals surface area contributed by atoms with E-state index in [4.69, 9.17) is 18.9 Å². The molecule has 2 aromatic rings. The van der Waals surface area contributed by atoms with Gasteiger partial charge in [-0.2, -0.15) is 0 Å². The predicted molar refractivity (Wildman–Crippen MR) is 97.2 cm³/mol. The smallest absolute Gasteiger partial charge is 0.251 e. The molecule has 0 saturated carbocycles. The van der Waals surface area contributed by atoms with Crippen molar-refractivity contribution in [3.05, 3.63) is 47.5 Å². The third-order valence-corrected chi connectivity index (χ3v) is 4.05. The zero-order chi connectivity index (χ0) is 18.5. The van der Waals surface area contributed by atoms with Crippen molar-refractivity contribution in [2.45, 2.75) is 26.8 Å². The van der Waals surface area contributed by atoms with Crippen LogP contribution in [-0.4, -0.2) is 25.9 Å². The molecule has 1 atom stereocenters. The molecule has 0 saturated heterocycles. The molecule has 0 fully saturated rings. The zero-order valence-corrected chi connectivity index (χ0v) is 15.2. The summed E-state index contributed by atoms with van der Waals surface area (Å²) < 4.78 is 21.8. The van der Waals surface area contributed by atoms with Gasteiger partial charge in [0.2, 0.25) is 6.79 Å². The van der Waals surface area contributed by atoms with Crippen molar-refractivity contribution < 1.29 is 23.7 Å². The summed E-state index contributed by atoms with van der Waals surface area (Å²) in [5.74, 6) is 2.44. The minimum Gasteiger partial charge on any atom is -0.490 e. The minimum absolute atomic E-state index is 0.178. The van der Waals surface area contributed by atoms with Crippen LogP contribution in [0.5, 0.6) is 23.0 Å². The number of amides is 1. The summed E-state index contributed by atoms with van der Waals surface area (Å²) >= 11 is 0. The molecule has 3 rings (SSSR count). The first-order valence-corrected chi connectivity index (χ1v) is 8.72. The van der Waals surface area contributed by atoms with E-state index >= 15 is 0 Å². The fourth-order valence-corrected chi connectivity index (χ4v) is 2.74. The van der Waals surface area contributed by atoms with Gasteiger partial charge in [0.1, 0.15) is 0 Å². The van der Waals surface area contributed by atoms with Gasteiger partial charge in [-0.25, -0.2) is 0 Å². The van der Waals surface area contributed by atoms with Crippen molar-refractivity contribution in [3.63, 3.8) is 0 Å². The molecule has 6 heteroatoms. The maximum absolute atomic E-state index is 12.5. The molecule has 1 heterocycles. The van der Waals surface area contributed by atoms with Gasteiger partial charge in [0.25, 0.3) is 5.91 Å². The molecule has 0 radical (unpaired) electrons. The summed E-state index contributed by atoms with van der Waals surface area (Å²) in [7, 11) is 0. The highest BCUT2D eigenvalue weighted by molar-refractivity contribution is 5.95. The Bertz CT molecular complexity index is 790. The van der Waals surface area contributed by atoms with Crippen LogP contribution in [0.25, 0.3) is 0 Å². The lowest BCUT2D eigenvalue weighted by molar-refractivity contribution is 0.0939. The van der Waals surface area contributed by atoms with Crippen LogP contribution in [0.15, 0.2) is 36.4 Å². The molecule has 26 heavy (non-hydrogen) atoms. The van der Waals surface area contributed by atoms with Crippen molar-refractivity contribution in [1.82, 2.24) is 5.32 Å². The number of benzene rings is 2. The van der Waals surface area contributed by atoms with Gasteiger partial charge in [0, 0.05) is 5.56 Å². The van der Waals surface area contributed by atoms with E-state index < -0.39 is 0 Å². The highest BCUT2D eigenvalue weighted by Crippen LogP contribution is 2.33. The van der Waals surface area contributed by atoms with Crippen LogP contribution in [-0.2, 0) is 0 Å². The van der Waals surface area contributed by atoms with E-state index in [0.29, 0.717) is 41.8 Å². The predicted octanol–water partition coefficient (Wildman–Crippen LogP) is 3.70. The van der Waals surface area contributed by atoms with E-state index in [2.05, 4.69) is 5.32 Å². The monoisotopic (exact) mass is 357 g/mol. The number of carbonyl (C=O) groups excluding carboxylic acids is 1. The van der Waals surface area contributed by atoms with Crippen molar-refractivity contribution in [2.24, 2.45) is 0 Å². The molecule has 0 unspecified atom stereocenters. The standard InChI is InChI=1S/C20H23NO5/c1-4-23-16-8-6-14(10-18(16)24-5-2)13(3)21-20(22)15-7-9-17-19(11-15)26-12-25-17/h6-11,13H,4-5,12H2,1-3H3,(H,21,22)/t13-/m1/s1.